The minimum Gasteiger partial charge on any atom is -0.443 e. The molecule has 4 rings (SSSR count). The van der Waals surface area contributed by atoms with Crippen molar-refractivity contribution in [3.8, 4) is 5.69 Å². The Morgan fingerprint density at radius 2 is 1.61 bits per heavy atom. The first kappa shape index (κ1) is 29.2. The maximum atomic E-state index is 13.3. The molecule has 15 heteroatoms. The van der Waals surface area contributed by atoms with Crippen LogP contribution in [0.1, 0.15) is 38.2 Å². The van der Waals surface area contributed by atoms with E-state index in [1.165, 1.54) is 24.6 Å². The lowest BCUT2D eigenvalue weighted by atomic mass is 10.1. The lowest BCUT2D eigenvalue weighted by molar-refractivity contribution is -0.142. The fraction of sp³-hybridized carbons (Fsp3) is 0.269. The van der Waals surface area contributed by atoms with Gasteiger partial charge in [-0.3, -0.25) is 9.47 Å². The van der Waals surface area contributed by atoms with E-state index in [0.717, 1.165) is 12.1 Å². The number of aromatic nitrogens is 4. The summed E-state index contributed by atoms with van der Waals surface area (Å²) in [6, 6.07) is 8.19. The number of rotatable bonds is 5. The number of aliphatic hydroxyl groups excluding tert-OH is 1. The summed E-state index contributed by atoms with van der Waals surface area (Å²) in [6.45, 7) is 5.24. The first-order valence-electron chi connectivity index (χ1n) is 12.0. The molecule has 0 radical (unpaired) electrons. The summed E-state index contributed by atoms with van der Waals surface area (Å²) in [5, 5.41) is 23.2. The van der Waals surface area contributed by atoms with Gasteiger partial charge in [0, 0.05) is 29.7 Å². The van der Waals surface area contributed by atoms with E-state index in [-0.39, 0.29) is 11.5 Å². The molecule has 0 bridgehead atoms. The Kier molecular flexibility index (Phi) is 7.85. The number of hydrogen-bond donors (Lipinski definition) is 4. The van der Waals surface area contributed by atoms with E-state index >= 15 is 0 Å². The highest BCUT2D eigenvalue weighted by Crippen LogP contribution is 2.36. The molecule has 0 saturated carbocycles. The van der Waals surface area contributed by atoms with Gasteiger partial charge < -0.3 is 25.6 Å². The molecule has 0 aliphatic rings. The molecule has 0 aliphatic carbocycles. The average molecular weight is 574 g/mol. The maximum absolute atomic E-state index is 13.3. The number of aliphatic hydroxyl groups is 2. The van der Waals surface area contributed by atoms with E-state index < -0.39 is 41.3 Å². The van der Waals surface area contributed by atoms with Crippen LogP contribution < -0.4 is 15.5 Å². The number of nitrogens with one attached hydrogen (secondary N) is 2. The van der Waals surface area contributed by atoms with Crippen molar-refractivity contribution in [1.29, 1.82) is 0 Å². The fourth-order valence-electron chi connectivity index (χ4n) is 3.78. The second kappa shape index (κ2) is 11.0. The van der Waals surface area contributed by atoms with E-state index in [2.05, 4.69) is 25.6 Å². The molecular formula is C26H26F3N7O5. The van der Waals surface area contributed by atoms with Crippen LogP contribution in [0.5, 0.6) is 0 Å². The predicted octanol–water partition coefficient (Wildman–Crippen LogP) is 4.83. The zero-order valence-electron chi connectivity index (χ0n) is 22.3. The van der Waals surface area contributed by atoms with Crippen LogP contribution in [0.3, 0.4) is 0 Å². The van der Waals surface area contributed by atoms with E-state index in [4.69, 9.17) is 4.74 Å². The normalized spacial score (nSPS) is 12.0. The monoisotopic (exact) mass is 573 g/mol. The van der Waals surface area contributed by atoms with Gasteiger partial charge >= 0.3 is 18.3 Å². The summed E-state index contributed by atoms with van der Waals surface area (Å²) < 4.78 is 46.9. The highest BCUT2D eigenvalue weighted by atomic mass is 19.4. The van der Waals surface area contributed by atoms with Gasteiger partial charge in [0.2, 0.25) is 0 Å². The van der Waals surface area contributed by atoms with Gasteiger partial charge in [0.25, 0.3) is 0 Å². The number of benzene rings is 2. The number of amides is 3. The number of urea groups is 1. The van der Waals surface area contributed by atoms with Gasteiger partial charge in [-0.05, 0) is 57.2 Å². The quantitative estimate of drug-likeness (QED) is 0.248. The molecule has 0 aliphatic heterocycles. The number of halogens is 3. The van der Waals surface area contributed by atoms with Gasteiger partial charge in [-0.25, -0.2) is 24.5 Å². The van der Waals surface area contributed by atoms with Gasteiger partial charge in [0.1, 0.15) is 18.3 Å². The molecule has 4 N–H and O–H groups in total. The zero-order chi connectivity index (χ0) is 30.1. The van der Waals surface area contributed by atoms with Crippen molar-refractivity contribution in [1.82, 2.24) is 19.5 Å². The Balaban J connectivity index is 1.49. The second-order valence-corrected chi connectivity index (χ2v) is 9.82. The van der Waals surface area contributed by atoms with Crippen molar-refractivity contribution >= 4 is 40.5 Å². The van der Waals surface area contributed by atoms with E-state index in [9.17, 15) is 33.0 Å². The third-order valence-electron chi connectivity index (χ3n) is 5.60. The molecule has 2 aromatic carbocycles. The molecular weight excluding hydrogens is 547 g/mol. The van der Waals surface area contributed by atoms with Crippen molar-refractivity contribution in [2.24, 2.45) is 0 Å². The van der Waals surface area contributed by atoms with Crippen LogP contribution in [-0.2, 0) is 10.9 Å². The van der Waals surface area contributed by atoms with Gasteiger partial charge in [-0.2, -0.15) is 13.2 Å². The predicted molar refractivity (Wildman–Crippen MR) is 143 cm³/mol. The molecule has 41 heavy (non-hydrogen) atoms. The first-order chi connectivity index (χ1) is 19.1. The SMILES string of the molecule is CN(C(=O)OC(C)(C)C)c1ncnc2c1ncn2-c1ccc(NC(=O)Nc2ccc(C(O)O)c(C(F)(F)F)c2)cc1. The third-order valence-corrected chi connectivity index (χ3v) is 5.60. The van der Waals surface area contributed by atoms with Crippen LogP contribution in [0.15, 0.2) is 55.1 Å². The molecule has 0 atom stereocenters. The smallest absolute Gasteiger partial charge is 0.416 e. The van der Waals surface area contributed by atoms with Crippen LogP contribution in [0, 0.1) is 0 Å². The number of imidazole rings is 1. The lowest BCUT2D eigenvalue weighted by Gasteiger charge is -2.24. The topological polar surface area (TPSA) is 155 Å². The highest BCUT2D eigenvalue weighted by Gasteiger charge is 2.35. The van der Waals surface area contributed by atoms with Crippen molar-refractivity contribution in [2.75, 3.05) is 22.6 Å². The molecule has 2 aromatic heterocycles. The Morgan fingerprint density at radius 1 is 0.976 bits per heavy atom. The number of nitrogens with zero attached hydrogens (tertiary/aromatic N) is 5. The van der Waals surface area contributed by atoms with E-state index in [0.29, 0.717) is 28.6 Å². The maximum Gasteiger partial charge on any atom is 0.416 e. The van der Waals surface area contributed by atoms with Crippen molar-refractivity contribution in [3.05, 3.63) is 66.2 Å². The fourth-order valence-corrected chi connectivity index (χ4v) is 3.78. The van der Waals surface area contributed by atoms with Gasteiger partial charge in [0.15, 0.2) is 23.3 Å². The van der Waals surface area contributed by atoms with Gasteiger partial charge in [-0.1, -0.05) is 6.07 Å². The van der Waals surface area contributed by atoms with Crippen LogP contribution in [0.25, 0.3) is 16.9 Å². The summed E-state index contributed by atoms with van der Waals surface area (Å²) >= 11 is 0. The summed E-state index contributed by atoms with van der Waals surface area (Å²) in [6.07, 6.45) is -5.03. The summed E-state index contributed by atoms with van der Waals surface area (Å²) in [7, 11) is 1.51. The number of carbonyl (C=O) groups excluding carboxylic acids is 2. The Hall–Kier alpha value is -4.76. The van der Waals surface area contributed by atoms with Crippen LogP contribution in [0.2, 0.25) is 0 Å². The average Bonchev–Trinajstić information content (AvgIpc) is 3.31. The summed E-state index contributed by atoms with van der Waals surface area (Å²) in [5.41, 5.74) is -1.24. The lowest BCUT2D eigenvalue weighted by Crippen LogP contribution is -2.34. The molecule has 216 valence electrons. The van der Waals surface area contributed by atoms with E-state index in [1.54, 1.807) is 49.6 Å². The number of anilines is 3. The highest BCUT2D eigenvalue weighted by molar-refractivity contribution is 6.00. The number of alkyl halides is 3. The van der Waals surface area contributed by atoms with Crippen molar-refractivity contribution in [3.63, 3.8) is 0 Å². The van der Waals surface area contributed by atoms with Crippen LogP contribution in [0.4, 0.5) is 40.0 Å². The Bertz CT molecular complexity index is 1580. The number of ether oxygens (including phenoxy) is 1. The second-order valence-electron chi connectivity index (χ2n) is 9.82. The van der Waals surface area contributed by atoms with Crippen molar-refractivity contribution in [2.45, 2.75) is 38.8 Å². The minimum absolute atomic E-state index is 0.201. The molecule has 12 nitrogen and oxygen atoms in total. The largest absolute Gasteiger partial charge is 0.443 e. The molecule has 2 heterocycles. The standard InChI is InChI=1S/C26H26F3N7O5/c1-25(2,3)41-24(40)35(4)20-19-21(31-12-30-20)36(13-32-19)16-8-5-14(6-9-16)33-23(39)34-15-7-10-17(22(37)38)18(11-15)26(27,28)29/h5-13,22,37-38H,1-4H3,(H2,33,34,39). The molecule has 0 unspecified atom stereocenters. The Labute approximate surface area is 231 Å². The molecule has 0 spiro atoms. The van der Waals surface area contributed by atoms with E-state index in [1.807, 2.05) is 0 Å². The molecule has 3 amide bonds. The van der Waals surface area contributed by atoms with Gasteiger partial charge in [-0.15, -0.1) is 0 Å². The number of fused-ring (bicyclic) bond motifs is 1. The summed E-state index contributed by atoms with van der Waals surface area (Å²) in [5.74, 6) is 0.244. The molecule has 0 saturated heterocycles. The minimum atomic E-state index is -4.86. The summed E-state index contributed by atoms with van der Waals surface area (Å²) in [4.78, 5) is 39.0. The van der Waals surface area contributed by atoms with Gasteiger partial charge in [0.05, 0.1) is 5.56 Å². The van der Waals surface area contributed by atoms with Crippen LogP contribution in [-0.4, -0.2) is 54.5 Å². The number of carbonyl (C=O) groups is 2. The molecule has 4 aromatic rings. The third kappa shape index (κ3) is 6.70. The number of hydrogen-bond acceptors (Lipinski definition) is 8. The van der Waals surface area contributed by atoms with Crippen LogP contribution >= 0.6 is 0 Å². The van der Waals surface area contributed by atoms with Crippen molar-refractivity contribution < 1.29 is 37.7 Å². The zero-order valence-corrected chi connectivity index (χ0v) is 22.3. The Morgan fingerprint density at radius 3 is 2.22 bits per heavy atom. The molecule has 0 fully saturated rings. The first-order valence-corrected chi connectivity index (χ1v) is 12.0.